The first-order chi connectivity index (χ1) is 10.1. The third-order valence-corrected chi connectivity index (χ3v) is 2.87. The van der Waals surface area contributed by atoms with Crippen LogP contribution in [-0.2, 0) is 0 Å². The number of nitrogens with two attached hydrogens (primary N) is 1. The van der Waals surface area contributed by atoms with Crippen molar-refractivity contribution in [3.63, 3.8) is 0 Å². The largest absolute Gasteiger partial charge is 0.321 e. The van der Waals surface area contributed by atoms with Gasteiger partial charge in [0.1, 0.15) is 5.82 Å². The van der Waals surface area contributed by atoms with E-state index in [-0.39, 0.29) is 12.1 Å². The van der Waals surface area contributed by atoms with Crippen molar-refractivity contribution in [2.75, 3.05) is 11.9 Å². The standard InChI is InChI=1S/C17H15FN2O/c1-12-8-9-15(18)14(11-12)17(21)20-16-7-3-2-5-13(16)6-4-10-19/h2-3,5,7-9,11H,10,19H2,1H3,(H,20,21). The van der Waals surface area contributed by atoms with Gasteiger partial charge < -0.3 is 11.1 Å². The monoisotopic (exact) mass is 282 g/mol. The van der Waals surface area contributed by atoms with E-state index in [9.17, 15) is 9.18 Å². The van der Waals surface area contributed by atoms with Gasteiger partial charge in [-0.25, -0.2) is 4.39 Å². The predicted molar refractivity (Wildman–Crippen MR) is 81.5 cm³/mol. The number of halogens is 1. The molecule has 0 saturated heterocycles. The van der Waals surface area contributed by atoms with Crippen molar-refractivity contribution in [3.05, 3.63) is 65.0 Å². The average Bonchev–Trinajstić information content (AvgIpc) is 2.48. The fourth-order valence-electron chi connectivity index (χ4n) is 1.85. The maximum Gasteiger partial charge on any atom is 0.258 e. The molecular formula is C17H15FN2O. The molecule has 0 aliphatic carbocycles. The first-order valence-electron chi connectivity index (χ1n) is 6.47. The van der Waals surface area contributed by atoms with Crippen molar-refractivity contribution in [1.29, 1.82) is 0 Å². The van der Waals surface area contributed by atoms with E-state index in [0.29, 0.717) is 11.3 Å². The van der Waals surface area contributed by atoms with Crippen molar-refractivity contribution < 1.29 is 9.18 Å². The molecule has 0 aromatic heterocycles. The van der Waals surface area contributed by atoms with E-state index in [1.807, 2.05) is 6.07 Å². The smallest absolute Gasteiger partial charge is 0.258 e. The molecule has 2 aromatic rings. The van der Waals surface area contributed by atoms with Gasteiger partial charge >= 0.3 is 0 Å². The van der Waals surface area contributed by atoms with Gasteiger partial charge in [-0.05, 0) is 31.2 Å². The molecule has 0 unspecified atom stereocenters. The van der Waals surface area contributed by atoms with Crippen LogP contribution in [0, 0.1) is 24.6 Å². The number of aryl methyl sites for hydroxylation is 1. The molecule has 2 rings (SSSR count). The molecule has 106 valence electrons. The van der Waals surface area contributed by atoms with Crippen LogP contribution in [0.2, 0.25) is 0 Å². The second-order valence-corrected chi connectivity index (χ2v) is 4.49. The molecule has 2 aromatic carbocycles. The second-order valence-electron chi connectivity index (χ2n) is 4.49. The van der Waals surface area contributed by atoms with Crippen LogP contribution in [0.25, 0.3) is 0 Å². The maximum atomic E-state index is 13.7. The highest BCUT2D eigenvalue weighted by Gasteiger charge is 2.13. The number of carbonyl (C=O) groups excluding carboxylic acids is 1. The molecule has 0 radical (unpaired) electrons. The van der Waals surface area contributed by atoms with Gasteiger partial charge in [0, 0.05) is 5.56 Å². The van der Waals surface area contributed by atoms with E-state index in [2.05, 4.69) is 17.2 Å². The van der Waals surface area contributed by atoms with E-state index >= 15 is 0 Å². The Morgan fingerprint density at radius 1 is 1.29 bits per heavy atom. The lowest BCUT2D eigenvalue weighted by molar-refractivity contribution is 0.102. The van der Waals surface area contributed by atoms with Crippen molar-refractivity contribution in [2.45, 2.75) is 6.92 Å². The SMILES string of the molecule is Cc1ccc(F)c(C(=O)Nc2ccccc2C#CCN)c1. The number of nitrogens with one attached hydrogen (secondary N) is 1. The number of para-hydroxylation sites is 1. The van der Waals surface area contributed by atoms with Gasteiger partial charge in [0.15, 0.2) is 0 Å². The quantitative estimate of drug-likeness (QED) is 0.832. The maximum absolute atomic E-state index is 13.7. The lowest BCUT2D eigenvalue weighted by Crippen LogP contribution is -2.14. The minimum Gasteiger partial charge on any atom is -0.321 e. The summed E-state index contributed by atoms with van der Waals surface area (Å²) in [5, 5.41) is 2.68. The van der Waals surface area contributed by atoms with Crippen LogP contribution >= 0.6 is 0 Å². The zero-order valence-electron chi connectivity index (χ0n) is 11.6. The summed E-state index contributed by atoms with van der Waals surface area (Å²) in [5.41, 5.74) is 7.35. The van der Waals surface area contributed by atoms with E-state index in [0.717, 1.165) is 5.56 Å². The van der Waals surface area contributed by atoms with Gasteiger partial charge in [0.05, 0.1) is 17.8 Å². The Labute approximate surface area is 123 Å². The van der Waals surface area contributed by atoms with Gasteiger partial charge in [-0.1, -0.05) is 35.6 Å². The van der Waals surface area contributed by atoms with E-state index in [4.69, 9.17) is 5.73 Å². The Balaban J connectivity index is 2.30. The van der Waals surface area contributed by atoms with E-state index in [1.54, 1.807) is 31.2 Å². The van der Waals surface area contributed by atoms with Crippen molar-refractivity contribution >= 4 is 11.6 Å². The Morgan fingerprint density at radius 3 is 2.81 bits per heavy atom. The van der Waals surface area contributed by atoms with Crippen LogP contribution in [-0.4, -0.2) is 12.5 Å². The molecule has 3 N–H and O–H groups in total. The number of hydrogen-bond acceptors (Lipinski definition) is 2. The highest BCUT2D eigenvalue weighted by molar-refractivity contribution is 6.05. The van der Waals surface area contributed by atoms with Crippen LogP contribution in [0.5, 0.6) is 0 Å². The third-order valence-electron chi connectivity index (χ3n) is 2.87. The van der Waals surface area contributed by atoms with Gasteiger partial charge in [-0.15, -0.1) is 0 Å². The van der Waals surface area contributed by atoms with Crippen LogP contribution in [0.4, 0.5) is 10.1 Å². The Kier molecular flexibility index (Phi) is 4.70. The number of hydrogen-bond donors (Lipinski definition) is 2. The Morgan fingerprint density at radius 2 is 2.05 bits per heavy atom. The second kappa shape index (κ2) is 6.69. The van der Waals surface area contributed by atoms with Crippen LogP contribution < -0.4 is 11.1 Å². The van der Waals surface area contributed by atoms with Crippen LogP contribution in [0.3, 0.4) is 0 Å². The molecule has 1 amide bonds. The molecule has 3 nitrogen and oxygen atoms in total. The highest BCUT2D eigenvalue weighted by Crippen LogP contribution is 2.17. The third kappa shape index (κ3) is 3.68. The Bertz CT molecular complexity index is 729. The van der Waals surface area contributed by atoms with Gasteiger partial charge in [-0.3, -0.25) is 4.79 Å². The molecule has 0 bridgehead atoms. The van der Waals surface area contributed by atoms with E-state index < -0.39 is 11.7 Å². The van der Waals surface area contributed by atoms with Gasteiger partial charge in [0.2, 0.25) is 0 Å². The van der Waals surface area contributed by atoms with Gasteiger partial charge in [-0.2, -0.15) is 0 Å². The number of amides is 1. The van der Waals surface area contributed by atoms with Crippen molar-refractivity contribution in [2.24, 2.45) is 5.73 Å². The number of carbonyl (C=O) groups is 1. The molecule has 0 aliphatic heterocycles. The molecule has 0 saturated carbocycles. The van der Waals surface area contributed by atoms with Crippen LogP contribution in [0.15, 0.2) is 42.5 Å². The lowest BCUT2D eigenvalue weighted by atomic mass is 10.1. The molecule has 4 heteroatoms. The minimum atomic E-state index is -0.552. The highest BCUT2D eigenvalue weighted by atomic mass is 19.1. The summed E-state index contributed by atoms with van der Waals surface area (Å²) < 4.78 is 13.7. The van der Waals surface area contributed by atoms with Crippen molar-refractivity contribution in [3.8, 4) is 11.8 Å². The fraction of sp³-hybridized carbons (Fsp3) is 0.118. The summed E-state index contributed by atoms with van der Waals surface area (Å²) in [4.78, 5) is 12.2. The molecular weight excluding hydrogens is 267 g/mol. The summed E-state index contributed by atoms with van der Waals surface area (Å²) >= 11 is 0. The van der Waals surface area contributed by atoms with Gasteiger partial charge in [0.25, 0.3) is 5.91 Å². The molecule has 0 heterocycles. The minimum absolute atomic E-state index is 0.0107. The summed E-state index contributed by atoms with van der Waals surface area (Å²) in [7, 11) is 0. The fourth-order valence-corrected chi connectivity index (χ4v) is 1.85. The lowest BCUT2D eigenvalue weighted by Gasteiger charge is -2.08. The number of benzene rings is 2. The topological polar surface area (TPSA) is 55.1 Å². The molecule has 0 fully saturated rings. The Hall–Kier alpha value is -2.64. The molecule has 21 heavy (non-hydrogen) atoms. The molecule has 0 atom stereocenters. The molecule has 0 spiro atoms. The molecule has 0 aliphatic rings. The zero-order valence-corrected chi connectivity index (χ0v) is 11.6. The van der Waals surface area contributed by atoms with Crippen LogP contribution in [0.1, 0.15) is 21.5 Å². The summed E-state index contributed by atoms with van der Waals surface area (Å²) in [6.45, 7) is 2.03. The summed E-state index contributed by atoms with van der Waals surface area (Å²) in [6.07, 6.45) is 0. The number of anilines is 1. The van der Waals surface area contributed by atoms with Crippen molar-refractivity contribution in [1.82, 2.24) is 0 Å². The first-order valence-corrected chi connectivity index (χ1v) is 6.47. The first kappa shape index (κ1) is 14.8. The summed E-state index contributed by atoms with van der Waals surface area (Å²) in [6, 6.07) is 11.5. The van der Waals surface area contributed by atoms with E-state index in [1.165, 1.54) is 12.1 Å². The number of rotatable bonds is 2. The normalized spacial score (nSPS) is 9.67. The summed E-state index contributed by atoms with van der Waals surface area (Å²) in [5.74, 6) is 4.55. The predicted octanol–water partition coefficient (Wildman–Crippen LogP) is 2.70. The zero-order chi connectivity index (χ0) is 15.2. The average molecular weight is 282 g/mol.